The molecule has 2 aliphatic heterocycles. The fourth-order valence-corrected chi connectivity index (χ4v) is 9.17. The Hall–Kier alpha value is -3.68. The zero-order chi connectivity index (χ0) is 33.5. The van der Waals surface area contributed by atoms with Crippen molar-refractivity contribution in [2.45, 2.75) is 86.8 Å². The highest BCUT2D eigenvalue weighted by Crippen LogP contribution is 2.46. The number of fused-ring (bicyclic) bond motifs is 3. The van der Waals surface area contributed by atoms with Gasteiger partial charge in [-0.3, -0.25) is 19.1 Å². The number of hydrogen-bond acceptors (Lipinski definition) is 9. The van der Waals surface area contributed by atoms with E-state index in [9.17, 15) is 22.8 Å². The minimum atomic E-state index is -3.83. The van der Waals surface area contributed by atoms with E-state index in [4.69, 9.17) is 16.3 Å². The number of carbonyl (C=O) groups excluding carboxylic acids is 3. The molecular weight excluding hydrogens is 674 g/mol. The van der Waals surface area contributed by atoms with Crippen molar-refractivity contribution < 1.29 is 27.5 Å². The number of sulfonamides is 1. The summed E-state index contributed by atoms with van der Waals surface area (Å²) in [4.78, 5) is 48.3. The molecule has 7 rings (SSSR count). The number of aromatic nitrogens is 1. The van der Waals surface area contributed by atoms with E-state index in [2.05, 4.69) is 20.3 Å². The van der Waals surface area contributed by atoms with Gasteiger partial charge in [0.2, 0.25) is 21.8 Å². The van der Waals surface area contributed by atoms with Crippen LogP contribution >= 0.6 is 22.9 Å². The maximum atomic E-state index is 14.4. The molecule has 2 aromatic carbocycles. The van der Waals surface area contributed by atoms with Crippen LogP contribution in [-0.4, -0.2) is 71.5 Å². The Morgan fingerprint density at radius 1 is 1.08 bits per heavy atom. The second-order valence-electron chi connectivity index (χ2n) is 13.1. The second-order valence-corrected chi connectivity index (χ2v) is 16.5. The fraction of sp³-hybridized carbons (Fsp3) is 0.471. The van der Waals surface area contributed by atoms with Gasteiger partial charge >= 0.3 is 0 Å². The zero-order valence-corrected chi connectivity index (χ0v) is 28.7. The molecule has 3 heterocycles. The van der Waals surface area contributed by atoms with Crippen molar-refractivity contribution in [3.63, 3.8) is 0 Å². The molecule has 48 heavy (non-hydrogen) atoms. The summed E-state index contributed by atoms with van der Waals surface area (Å²) in [5.74, 6) is -1.85. The number of allylic oxidation sites excluding steroid dienone is 1. The highest BCUT2D eigenvalue weighted by atomic mass is 35.5. The van der Waals surface area contributed by atoms with Gasteiger partial charge in [-0.25, -0.2) is 13.4 Å². The van der Waals surface area contributed by atoms with Crippen LogP contribution in [0.1, 0.15) is 57.8 Å². The van der Waals surface area contributed by atoms with E-state index in [1.54, 1.807) is 11.0 Å². The fourth-order valence-electron chi connectivity index (χ4n) is 6.65. The maximum Gasteiger partial charge on any atom is 0.274 e. The Morgan fingerprint density at radius 2 is 1.90 bits per heavy atom. The minimum Gasteiger partial charge on any atom is -0.465 e. The van der Waals surface area contributed by atoms with Gasteiger partial charge in [0.05, 0.1) is 22.0 Å². The number of halogens is 1. The number of anilines is 1. The number of ether oxygens (including phenoxy) is 1. The van der Waals surface area contributed by atoms with Crippen LogP contribution in [0.5, 0.6) is 5.19 Å². The SMILES string of the molecule is O=C1N[C@]2(C(=O)NS(=O)(=O)C3CC3)C[C@@H]2/C=C\CCCCC[C@H](Nc2ccccc2)C(=O)N2C[C@H](Oc3nc4ccc(Cl)cc4s3)C[C@@H]12. The molecular formula is C34H38ClN5O6S2. The quantitative estimate of drug-likeness (QED) is 0.297. The van der Waals surface area contributed by atoms with Gasteiger partial charge in [0.25, 0.3) is 11.1 Å². The van der Waals surface area contributed by atoms with Crippen LogP contribution < -0.4 is 20.1 Å². The van der Waals surface area contributed by atoms with Crippen molar-refractivity contribution in [3.05, 3.63) is 65.7 Å². The summed E-state index contributed by atoms with van der Waals surface area (Å²) in [7, 11) is -3.83. The van der Waals surface area contributed by atoms with Gasteiger partial charge in [-0.15, -0.1) is 0 Å². The van der Waals surface area contributed by atoms with Crippen molar-refractivity contribution in [3.8, 4) is 5.19 Å². The van der Waals surface area contributed by atoms with Crippen molar-refractivity contribution in [2.75, 3.05) is 11.9 Å². The van der Waals surface area contributed by atoms with Crippen molar-refractivity contribution >= 4 is 66.6 Å². The van der Waals surface area contributed by atoms with Crippen LogP contribution in [0.25, 0.3) is 10.2 Å². The van der Waals surface area contributed by atoms with Gasteiger partial charge in [-0.2, -0.15) is 0 Å². The summed E-state index contributed by atoms with van der Waals surface area (Å²) in [5, 5.41) is 6.71. The van der Waals surface area contributed by atoms with Crippen LogP contribution in [0.2, 0.25) is 5.02 Å². The van der Waals surface area contributed by atoms with Crippen LogP contribution in [0.15, 0.2) is 60.7 Å². The average Bonchev–Trinajstić information content (AvgIpc) is 3.95. The topological polar surface area (TPSA) is 147 Å². The summed E-state index contributed by atoms with van der Waals surface area (Å²) < 4.78 is 34.9. The maximum absolute atomic E-state index is 14.4. The lowest BCUT2D eigenvalue weighted by molar-refractivity contribution is -0.140. The molecule has 4 aliphatic rings. The second kappa shape index (κ2) is 13.3. The largest absolute Gasteiger partial charge is 0.465 e. The van der Waals surface area contributed by atoms with E-state index in [0.29, 0.717) is 29.5 Å². The normalized spacial score (nSPS) is 28.7. The molecule has 5 atom stereocenters. The molecule has 3 N–H and O–H groups in total. The molecule has 1 aromatic heterocycles. The number of benzene rings is 2. The summed E-state index contributed by atoms with van der Waals surface area (Å²) >= 11 is 7.51. The molecule has 14 heteroatoms. The van der Waals surface area contributed by atoms with E-state index >= 15 is 0 Å². The van der Waals surface area contributed by atoms with E-state index in [0.717, 1.165) is 41.6 Å². The van der Waals surface area contributed by atoms with Gasteiger partial charge in [-0.05, 0) is 68.9 Å². The highest BCUT2D eigenvalue weighted by Gasteiger charge is 2.62. The highest BCUT2D eigenvalue weighted by molar-refractivity contribution is 7.91. The number of hydrogen-bond donors (Lipinski definition) is 3. The van der Waals surface area contributed by atoms with E-state index in [1.807, 2.05) is 54.6 Å². The Balaban J connectivity index is 1.18. The molecule has 0 unspecified atom stereocenters. The standard InChI is InChI=1S/C34H38ClN5O6S2/c35-22-13-16-26-29(17-22)47-33(37-26)46-24-18-28-30(41)38-34(32(43)39-48(44,45)25-14-15-25)19-21(34)9-5-2-1-3-8-12-27(31(42)40(28)20-24)36-23-10-6-4-7-11-23/h4-7,9-11,13,16-17,21,24-25,27-28,36H,1-3,8,12,14-15,18-20H2,(H,38,41)(H,39,43)/b9-5-/t21-,24+,27-,28-,34+/m0/s1. The third-order valence-electron chi connectivity index (χ3n) is 9.56. The third-order valence-corrected chi connectivity index (χ3v) is 12.5. The molecule has 2 aliphatic carbocycles. The molecule has 3 aromatic rings. The summed E-state index contributed by atoms with van der Waals surface area (Å²) in [6.45, 7) is 0.138. The smallest absolute Gasteiger partial charge is 0.274 e. The molecule has 3 fully saturated rings. The Bertz CT molecular complexity index is 1850. The van der Waals surface area contributed by atoms with Crippen molar-refractivity contribution in [1.82, 2.24) is 19.9 Å². The Kier molecular flexibility index (Phi) is 9.12. The predicted molar refractivity (Wildman–Crippen MR) is 184 cm³/mol. The number of amides is 3. The monoisotopic (exact) mass is 711 g/mol. The van der Waals surface area contributed by atoms with Gasteiger partial charge in [0.15, 0.2) is 0 Å². The number of nitrogens with one attached hydrogen (secondary N) is 3. The zero-order valence-electron chi connectivity index (χ0n) is 26.3. The molecule has 1 saturated heterocycles. The molecule has 11 nitrogen and oxygen atoms in total. The number of thiazole rings is 1. The van der Waals surface area contributed by atoms with Crippen LogP contribution in [0.4, 0.5) is 5.69 Å². The lowest BCUT2D eigenvalue weighted by atomic mass is 10.0. The molecule has 3 amide bonds. The Labute approximate surface area is 288 Å². The van der Waals surface area contributed by atoms with Gasteiger partial charge in [-0.1, -0.05) is 66.1 Å². The number of rotatable bonds is 7. The summed E-state index contributed by atoms with van der Waals surface area (Å²) in [5.41, 5.74) is 0.110. The van der Waals surface area contributed by atoms with Gasteiger partial charge in [0.1, 0.15) is 23.7 Å². The van der Waals surface area contributed by atoms with E-state index in [1.165, 1.54) is 11.3 Å². The van der Waals surface area contributed by atoms with Crippen molar-refractivity contribution in [2.24, 2.45) is 5.92 Å². The summed E-state index contributed by atoms with van der Waals surface area (Å²) in [6, 6.07) is 13.3. The first-order valence-corrected chi connectivity index (χ1v) is 19.2. The van der Waals surface area contributed by atoms with Crippen LogP contribution in [0.3, 0.4) is 0 Å². The lowest BCUT2D eigenvalue weighted by Gasteiger charge is -2.30. The molecule has 0 bridgehead atoms. The van der Waals surface area contributed by atoms with Crippen molar-refractivity contribution in [1.29, 1.82) is 0 Å². The van der Waals surface area contributed by atoms with Gasteiger partial charge in [0, 0.05) is 23.0 Å². The Morgan fingerprint density at radius 3 is 2.69 bits per heavy atom. The first-order valence-electron chi connectivity index (χ1n) is 16.5. The molecule has 254 valence electrons. The van der Waals surface area contributed by atoms with E-state index < -0.39 is 50.8 Å². The van der Waals surface area contributed by atoms with Gasteiger partial charge < -0.3 is 20.3 Å². The summed E-state index contributed by atoms with van der Waals surface area (Å²) in [6.07, 6.45) is 8.76. The van der Waals surface area contributed by atoms with E-state index in [-0.39, 0.29) is 31.2 Å². The average molecular weight is 712 g/mol. The molecule has 0 radical (unpaired) electrons. The number of nitrogens with zero attached hydrogens (tertiary/aromatic N) is 2. The molecule has 2 saturated carbocycles. The number of para-hydroxylation sites is 1. The molecule has 0 spiro atoms. The lowest BCUT2D eigenvalue weighted by Crippen LogP contribution is -2.57. The predicted octanol–water partition coefficient (Wildman–Crippen LogP) is 4.78. The van der Waals surface area contributed by atoms with Crippen LogP contribution in [0, 0.1) is 5.92 Å². The first-order chi connectivity index (χ1) is 23.1. The van der Waals surface area contributed by atoms with Crippen LogP contribution in [-0.2, 0) is 24.4 Å². The first kappa shape index (κ1) is 32.8. The number of carbonyl (C=O) groups is 3. The third kappa shape index (κ3) is 7.04. The minimum absolute atomic E-state index is 0.138.